The summed E-state index contributed by atoms with van der Waals surface area (Å²) in [5.41, 5.74) is 8.14. The molecule has 0 spiro atoms. The Morgan fingerprint density at radius 1 is 1.42 bits per heavy atom. The van der Waals surface area contributed by atoms with E-state index in [1.54, 1.807) is 0 Å². The van der Waals surface area contributed by atoms with Gasteiger partial charge in [-0.1, -0.05) is 23.7 Å². The molecule has 106 valence electrons. The molecular weight excluding hydrogens is 377 g/mol. The number of hydrogen-bond acceptors (Lipinski definition) is 2. The van der Waals surface area contributed by atoms with Crippen molar-refractivity contribution in [2.75, 3.05) is 26.3 Å². The van der Waals surface area contributed by atoms with Crippen LogP contribution in [0.5, 0.6) is 0 Å². The predicted molar refractivity (Wildman–Crippen MR) is 89.3 cm³/mol. The van der Waals surface area contributed by atoms with Crippen LogP contribution in [0.2, 0.25) is 5.02 Å². The molecular formula is C13H19ClIN3O. The van der Waals surface area contributed by atoms with Crippen LogP contribution in [0, 0.1) is 6.92 Å². The number of rotatable bonds is 2. The Morgan fingerprint density at radius 2 is 2.11 bits per heavy atom. The Balaban J connectivity index is 0.00000180. The van der Waals surface area contributed by atoms with Gasteiger partial charge >= 0.3 is 0 Å². The van der Waals surface area contributed by atoms with Crippen LogP contribution in [-0.2, 0) is 11.3 Å². The van der Waals surface area contributed by atoms with Gasteiger partial charge in [-0.2, -0.15) is 0 Å². The van der Waals surface area contributed by atoms with Gasteiger partial charge in [-0.15, -0.1) is 24.0 Å². The summed E-state index contributed by atoms with van der Waals surface area (Å²) in [5, 5.41) is 0.781. The zero-order chi connectivity index (χ0) is 13.0. The number of ether oxygens (including phenoxy) is 1. The van der Waals surface area contributed by atoms with Gasteiger partial charge in [-0.25, -0.2) is 4.99 Å². The Labute approximate surface area is 136 Å². The van der Waals surface area contributed by atoms with Crippen molar-refractivity contribution in [3.8, 4) is 0 Å². The molecule has 6 heteroatoms. The molecule has 0 atom stereocenters. The summed E-state index contributed by atoms with van der Waals surface area (Å²) in [6.07, 6.45) is 0. The number of hydrogen-bond donors (Lipinski definition) is 1. The quantitative estimate of drug-likeness (QED) is 0.475. The average molecular weight is 396 g/mol. The standard InChI is InChI=1S/C13H18ClN3O.HI/c1-10-8-11(2-3-12(10)14)9-16-13(15)17-4-6-18-7-5-17;/h2-3,8H,4-7,9H2,1H3,(H2,15,16);1H. The monoisotopic (exact) mass is 395 g/mol. The van der Waals surface area contributed by atoms with E-state index in [0.717, 1.165) is 42.5 Å². The van der Waals surface area contributed by atoms with E-state index >= 15 is 0 Å². The van der Waals surface area contributed by atoms with E-state index in [4.69, 9.17) is 22.1 Å². The van der Waals surface area contributed by atoms with Gasteiger partial charge in [0, 0.05) is 18.1 Å². The first-order valence-corrected chi connectivity index (χ1v) is 6.42. The van der Waals surface area contributed by atoms with Gasteiger partial charge in [0.15, 0.2) is 5.96 Å². The van der Waals surface area contributed by atoms with Gasteiger partial charge in [-0.05, 0) is 24.1 Å². The highest BCUT2D eigenvalue weighted by Crippen LogP contribution is 2.16. The highest BCUT2D eigenvalue weighted by atomic mass is 127. The number of aliphatic imine (C=N–C) groups is 1. The number of nitrogens with zero attached hydrogens (tertiary/aromatic N) is 2. The third-order valence-electron chi connectivity index (χ3n) is 2.98. The van der Waals surface area contributed by atoms with Crippen LogP contribution < -0.4 is 5.73 Å². The minimum atomic E-state index is 0. The number of morpholine rings is 1. The molecule has 0 saturated carbocycles. The number of halogens is 2. The summed E-state index contributed by atoms with van der Waals surface area (Å²) >= 11 is 5.98. The molecule has 2 N–H and O–H groups in total. The van der Waals surface area contributed by atoms with Gasteiger partial charge in [-0.3, -0.25) is 0 Å². The first kappa shape index (κ1) is 16.5. The zero-order valence-electron chi connectivity index (χ0n) is 10.9. The summed E-state index contributed by atoms with van der Waals surface area (Å²) in [6.45, 7) is 5.64. The van der Waals surface area contributed by atoms with Crippen molar-refractivity contribution in [3.63, 3.8) is 0 Å². The third-order valence-corrected chi connectivity index (χ3v) is 3.41. The summed E-state index contributed by atoms with van der Waals surface area (Å²) in [7, 11) is 0. The fourth-order valence-corrected chi connectivity index (χ4v) is 1.99. The fourth-order valence-electron chi connectivity index (χ4n) is 1.87. The maximum atomic E-state index is 5.98. The lowest BCUT2D eigenvalue weighted by molar-refractivity contribution is 0.0674. The highest BCUT2D eigenvalue weighted by Gasteiger charge is 2.11. The molecule has 0 aliphatic carbocycles. The molecule has 0 bridgehead atoms. The van der Waals surface area contributed by atoms with Gasteiger partial charge in [0.05, 0.1) is 19.8 Å². The molecule has 1 saturated heterocycles. The van der Waals surface area contributed by atoms with Crippen molar-refractivity contribution < 1.29 is 4.74 Å². The molecule has 0 radical (unpaired) electrons. The Morgan fingerprint density at radius 3 is 2.74 bits per heavy atom. The maximum Gasteiger partial charge on any atom is 0.191 e. The van der Waals surface area contributed by atoms with Crippen molar-refractivity contribution in [2.24, 2.45) is 10.7 Å². The van der Waals surface area contributed by atoms with Crippen LogP contribution in [0.25, 0.3) is 0 Å². The van der Waals surface area contributed by atoms with E-state index in [0.29, 0.717) is 12.5 Å². The Bertz CT molecular complexity index is 448. The van der Waals surface area contributed by atoms with Gasteiger partial charge in [0.2, 0.25) is 0 Å². The fraction of sp³-hybridized carbons (Fsp3) is 0.462. The largest absolute Gasteiger partial charge is 0.378 e. The molecule has 4 nitrogen and oxygen atoms in total. The molecule has 1 heterocycles. The molecule has 1 fully saturated rings. The molecule has 19 heavy (non-hydrogen) atoms. The molecule has 1 aliphatic rings. The number of benzene rings is 1. The third kappa shape index (κ3) is 4.81. The van der Waals surface area contributed by atoms with Gasteiger partial charge in [0.1, 0.15) is 0 Å². The smallest absolute Gasteiger partial charge is 0.191 e. The van der Waals surface area contributed by atoms with Crippen LogP contribution in [0.4, 0.5) is 0 Å². The van der Waals surface area contributed by atoms with Crippen LogP contribution in [-0.4, -0.2) is 37.2 Å². The summed E-state index contributed by atoms with van der Waals surface area (Å²) < 4.78 is 5.27. The van der Waals surface area contributed by atoms with Crippen molar-refractivity contribution in [3.05, 3.63) is 34.3 Å². The molecule has 0 amide bonds. The molecule has 2 rings (SSSR count). The first-order valence-electron chi connectivity index (χ1n) is 6.04. The van der Waals surface area contributed by atoms with E-state index in [1.165, 1.54) is 0 Å². The zero-order valence-corrected chi connectivity index (χ0v) is 14.0. The second kappa shape index (κ2) is 7.91. The lowest BCUT2D eigenvalue weighted by atomic mass is 10.1. The van der Waals surface area contributed by atoms with E-state index in [2.05, 4.69) is 4.99 Å². The van der Waals surface area contributed by atoms with Crippen molar-refractivity contribution in [1.29, 1.82) is 0 Å². The lowest BCUT2D eigenvalue weighted by Gasteiger charge is -2.27. The SMILES string of the molecule is Cc1cc(CN=C(N)N2CCOCC2)ccc1Cl.I. The summed E-state index contributed by atoms with van der Waals surface area (Å²) in [4.78, 5) is 6.46. The van der Waals surface area contributed by atoms with Crippen molar-refractivity contribution >= 4 is 41.5 Å². The summed E-state index contributed by atoms with van der Waals surface area (Å²) in [6, 6.07) is 5.91. The normalized spacial score (nSPS) is 16.1. The molecule has 0 aromatic heterocycles. The number of nitrogens with two attached hydrogens (primary N) is 1. The van der Waals surface area contributed by atoms with Crippen LogP contribution >= 0.6 is 35.6 Å². The predicted octanol–water partition coefficient (Wildman–Crippen LogP) is 2.41. The molecule has 1 aromatic carbocycles. The van der Waals surface area contributed by atoms with Crippen molar-refractivity contribution in [2.45, 2.75) is 13.5 Å². The van der Waals surface area contributed by atoms with Crippen LogP contribution in [0.1, 0.15) is 11.1 Å². The van der Waals surface area contributed by atoms with Gasteiger partial charge in [0.25, 0.3) is 0 Å². The first-order chi connectivity index (χ1) is 8.66. The molecule has 0 unspecified atom stereocenters. The van der Waals surface area contributed by atoms with E-state index < -0.39 is 0 Å². The maximum absolute atomic E-state index is 5.98. The van der Waals surface area contributed by atoms with Crippen LogP contribution in [0.3, 0.4) is 0 Å². The Kier molecular flexibility index (Phi) is 6.88. The minimum Gasteiger partial charge on any atom is -0.378 e. The summed E-state index contributed by atoms with van der Waals surface area (Å²) in [5.74, 6) is 0.589. The van der Waals surface area contributed by atoms with Gasteiger partial charge < -0.3 is 15.4 Å². The minimum absolute atomic E-state index is 0. The van der Waals surface area contributed by atoms with Crippen LogP contribution in [0.15, 0.2) is 23.2 Å². The number of aryl methyl sites for hydroxylation is 1. The van der Waals surface area contributed by atoms with E-state index in [9.17, 15) is 0 Å². The van der Waals surface area contributed by atoms with E-state index in [-0.39, 0.29) is 24.0 Å². The molecule has 1 aliphatic heterocycles. The second-order valence-electron chi connectivity index (χ2n) is 4.36. The topological polar surface area (TPSA) is 50.8 Å². The van der Waals surface area contributed by atoms with E-state index in [1.807, 2.05) is 30.0 Å². The second-order valence-corrected chi connectivity index (χ2v) is 4.76. The van der Waals surface area contributed by atoms with Crippen molar-refractivity contribution in [1.82, 2.24) is 4.90 Å². The Hall–Kier alpha value is -0.530. The lowest BCUT2D eigenvalue weighted by Crippen LogP contribution is -2.44. The number of guanidine groups is 1. The molecule has 1 aromatic rings. The highest BCUT2D eigenvalue weighted by molar-refractivity contribution is 14.0. The average Bonchev–Trinajstić information content (AvgIpc) is 2.41.